The Morgan fingerprint density at radius 2 is 2.15 bits per heavy atom. The summed E-state index contributed by atoms with van der Waals surface area (Å²) in [4.78, 5) is 30.4. The van der Waals surface area contributed by atoms with Gasteiger partial charge in [-0.25, -0.2) is 9.78 Å². The Hall–Kier alpha value is -2.47. The third-order valence-corrected chi connectivity index (χ3v) is 5.24. The van der Waals surface area contributed by atoms with Crippen LogP contribution in [0.5, 0.6) is 0 Å². The van der Waals surface area contributed by atoms with Crippen molar-refractivity contribution in [2.24, 2.45) is 0 Å². The summed E-state index contributed by atoms with van der Waals surface area (Å²) in [6.07, 6.45) is 9.23. The number of carbonyl (C=O) groups excluding carboxylic acids is 2. The van der Waals surface area contributed by atoms with Gasteiger partial charge in [0.25, 0.3) is 5.91 Å². The molecule has 1 aromatic heterocycles. The van der Waals surface area contributed by atoms with E-state index >= 15 is 0 Å². The number of allylic oxidation sites excluding steroid dienone is 2. The normalized spacial score (nSPS) is 14.4. The highest BCUT2D eigenvalue weighted by molar-refractivity contribution is 7.19. The van der Waals surface area contributed by atoms with Gasteiger partial charge < -0.3 is 9.64 Å². The van der Waals surface area contributed by atoms with Gasteiger partial charge in [0.1, 0.15) is 5.01 Å². The maximum atomic E-state index is 12.3. The number of likely N-dealkylation sites (N-methyl/N-ethyl adjacent to an activating group) is 1. The molecular weight excluding hydrogens is 348 g/mol. The number of hydrogen-bond donors (Lipinski definition) is 0. The molecular formula is C20H22N2O3S. The lowest BCUT2D eigenvalue weighted by atomic mass is 10.0. The highest BCUT2D eigenvalue weighted by atomic mass is 32.1. The summed E-state index contributed by atoms with van der Waals surface area (Å²) >= 11 is 1.50. The summed E-state index contributed by atoms with van der Waals surface area (Å²) in [5, 5.41) is 0.733. The van der Waals surface area contributed by atoms with Crippen LogP contribution in [0.4, 0.5) is 0 Å². The predicted molar refractivity (Wildman–Crippen MR) is 104 cm³/mol. The van der Waals surface area contributed by atoms with Crippen molar-refractivity contribution in [3.05, 3.63) is 47.1 Å². The molecule has 6 heteroatoms. The summed E-state index contributed by atoms with van der Waals surface area (Å²) in [7, 11) is 0. The van der Waals surface area contributed by atoms with Crippen molar-refractivity contribution < 1.29 is 14.3 Å². The Bertz CT molecular complexity index is 821. The third-order valence-electron chi connectivity index (χ3n) is 4.24. The van der Waals surface area contributed by atoms with Crippen molar-refractivity contribution in [1.29, 1.82) is 0 Å². The van der Waals surface area contributed by atoms with Gasteiger partial charge in [0.05, 0.1) is 10.2 Å². The van der Waals surface area contributed by atoms with Gasteiger partial charge in [-0.2, -0.15) is 0 Å². The van der Waals surface area contributed by atoms with E-state index in [-0.39, 0.29) is 12.5 Å². The first-order chi connectivity index (χ1) is 12.7. The molecule has 3 rings (SSSR count). The third kappa shape index (κ3) is 4.58. The number of ether oxygens (including phenoxy) is 1. The van der Waals surface area contributed by atoms with Gasteiger partial charge in [0.15, 0.2) is 6.61 Å². The number of esters is 1. The van der Waals surface area contributed by atoms with Crippen molar-refractivity contribution in [3.63, 3.8) is 0 Å². The van der Waals surface area contributed by atoms with Crippen molar-refractivity contribution in [2.75, 3.05) is 13.2 Å². The fourth-order valence-electron chi connectivity index (χ4n) is 2.97. The summed E-state index contributed by atoms with van der Waals surface area (Å²) in [6.45, 7) is 2.28. The fourth-order valence-corrected chi connectivity index (χ4v) is 3.84. The molecule has 0 bridgehead atoms. The smallest absolute Gasteiger partial charge is 0.331 e. The van der Waals surface area contributed by atoms with Crippen LogP contribution in [0.25, 0.3) is 16.3 Å². The van der Waals surface area contributed by atoms with Crippen molar-refractivity contribution in [3.8, 4) is 0 Å². The quantitative estimate of drug-likeness (QED) is 0.566. The van der Waals surface area contributed by atoms with Crippen LogP contribution < -0.4 is 0 Å². The van der Waals surface area contributed by atoms with Crippen molar-refractivity contribution in [2.45, 2.75) is 32.6 Å². The van der Waals surface area contributed by atoms with E-state index < -0.39 is 5.97 Å². The molecule has 0 saturated heterocycles. The lowest BCUT2D eigenvalue weighted by molar-refractivity contribution is -0.147. The second kappa shape index (κ2) is 8.76. The first-order valence-electron chi connectivity index (χ1n) is 8.87. The zero-order chi connectivity index (χ0) is 18.4. The van der Waals surface area contributed by atoms with Crippen LogP contribution >= 0.6 is 11.3 Å². The minimum atomic E-state index is -0.536. The summed E-state index contributed by atoms with van der Waals surface area (Å²) in [5.41, 5.74) is 1.95. The van der Waals surface area contributed by atoms with Gasteiger partial charge in [-0.05, 0) is 50.8 Å². The van der Waals surface area contributed by atoms with Gasteiger partial charge in [0, 0.05) is 18.3 Å². The average Bonchev–Trinajstić information content (AvgIpc) is 3.09. The first-order valence-corrected chi connectivity index (χ1v) is 9.69. The van der Waals surface area contributed by atoms with E-state index in [1.165, 1.54) is 23.8 Å². The zero-order valence-corrected chi connectivity index (χ0v) is 15.6. The van der Waals surface area contributed by atoms with Crippen LogP contribution in [-0.2, 0) is 14.3 Å². The topological polar surface area (TPSA) is 59.5 Å². The number of nitrogens with zero attached hydrogens (tertiary/aromatic N) is 2. The molecule has 2 aromatic rings. The van der Waals surface area contributed by atoms with Crippen LogP contribution in [-0.4, -0.2) is 34.9 Å². The summed E-state index contributed by atoms with van der Waals surface area (Å²) < 4.78 is 6.17. The van der Waals surface area contributed by atoms with E-state index in [9.17, 15) is 9.59 Å². The van der Waals surface area contributed by atoms with Crippen LogP contribution in [0.2, 0.25) is 0 Å². The molecule has 1 aliphatic carbocycles. The second-order valence-electron chi connectivity index (χ2n) is 6.04. The number of para-hydroxylation sites is 1. The maximum absolute atomic E-state index is 12.3. The molecule has 0 saturated carbocycles. The lowest BCUT2D eigenvalue weighted by Gasteiger charge is -2.26. The summed E-state index contributed by atoms with van der Waals surface area (Å²) in [6, 6.07) is 7.80. The van der Waals surface area contributed by atoms with Crippen LogP contribution in [0.3, 0.4) is 0 Å². The Morgan fingerprint density at radius 1 is 1.31 bits per heavy atom. The van der Waals surface area contributed by atoms with E-state index in [1.807, 2.05) is 31.2 Å². The molecule has 0 spiro atoms. The van der Waals surface area contributed by atoms with E-state index in [0.717, 1.165) is 40.2 Å². The first kappa shape index (κ1) is 18.3. The number of aromatic nitrogens is 1. The predicted octanol–water partition coefficient (Wildman–Crippen LogP) is 4.16. The minimum absolute atomic E-state index is 0.178. The minimum Gasteiger partial charge on any atom is -0.452 e. The molecule has 1 heterocycles. The molecule has 0 atom stereocenters. The van der Waals surface area contributed by atoms with Gasteiger partial charge in [-0.3, -0.25) is 4.79 Å². The number of benzene rings is 1. The Balaban J connectivity index is 1.54. The number of thiazole rings is 1. The van der Waals surface area contributed by atoms with Crippen molar-refractivity contribution in [1.82, 2.24) is 9.88 Å². The Labute approximate surface area is 157 Å². The highest BCUT2D eigenvalue weighted by Crippen LogP contribution is 2.22. The van der Waals surface area contributed by atoms with Gasteiger partial charge in [-0.15, -0.1) is 11.3 Å². The molecule has 0 radical (unpaired) electrons. The Morgan fingerprint density at radius 3 is 2.88 bits per heavy atom. The molecule has 0 aliphatic heterocycles. The molecule has 0 fully saturated rings. The molecule has 1 amide bonds. The number of rotatable bonds is 6. The number of carbonyl (C=O) groups is 2. The molecule has 0 unspecified atom stereocenters. The molecule has 136 valence electrons. The molecule has 0 N–H and O–H groups in total. The largest absolute Gasteiger partial charge is 0.452 e. The number of amides is 1. The zero-order valence-electron chi connectivity index (χ0n) is 14.8. The van der Waals surface area contributed by atoms with Crippen LogP contribution in [0, 0.1) is 0 Å². The average molecular weight is 370 g/mol. The van der Waals surface area contributed by atoms with E-state index in [4.69, 9.17) is 4.74 Å². The van der Waals surface area contributed by atoms with Gasteiger partial charge in [-0.1, -0.05) is 18.2 Å². The molecule has 26 heavy (non-hydrogen) atoms. The fraction of sp³-hybridized carbons (Fsp3) is 0.350. The van der Waals surface area contributed by atoms with E-state index in [2.05, 4.69) is 11.1 Å². The van der Waals surface area contributed by atoms with Crippen LogP contribution in [0.15, 0.2) is 42.1 Å². The molecule has 5 nitrogen and oxygen atoms in total. The van der Waals surface area contributed by atoms with Gasteiger partial charge in [0.2, 0.25) is 0 Å². The number of hydrogen-bond acceptors (Lipinski definition) is 5. The summed E-state index contributed by atoms with van der Waals surface area (Å²) in [5.74, 6) is -0.714. The van der Waals surface area contributed by atoms with Crippen molar-refractivity contribution >= 4 is 39.5 Å². The van der Waals surface area contributed by atoms with E-state index in [0.29, 0.717) is 6.54 Å². The maximum Gasteiger partial charge on any atom is 0.331 e. The molecule has 1 aliphatic rings. The highest BCUT2D eigenvalue weighted by Gasteiger charge is 2.18. The number of fused-ring (bicyclic) bond motifs is 1. The second-order valence-corrected chi connectivity index (χ2v) is 7.10. The lowest BCUT2D eigenvalue weighted by Crippen LogP contribution is -2.34. The van der Waals surface area contributed by atoms with Crippen LogP contribution in [0.1, 0.15) is 37.6 Å². The molecule has 1 aromatic carbocycles. The standard InChI is InChI=1S/C20H22N2O3S/c1-2-22(15-8-4-3-5-9-15)19(23)14-25-20(24)13-12-18-21-16-10-6-7-11-17(16)26-18/h6-8,10-13H,2-5,9,14H2,1H3/b13-12+. The van der Waals surface area contributed by atoms with E-state index in [1.54, 1.807) is 11.0 Å². The SMILES string of the molecule is CCN(C(=O)COC(=O)/C=C/c1nc2ccccc2s1)C1=CCCCC1. The Kier molecular flexibility index (Phi) is 6.17. The van der Waals surface area contributed by atoms with Gasteiger partial charge >= 0.3 is 5.97 Å². The monoisotopic (exact) mass is 370 g/mol.